The molecule has 21 heavy (non-hydrogen) atoms. The van der Waals surface area contributed by atoms with Gasteiger partial charge in [0.25, 0.3) is 5.91 Å². The summed E-state index contributed by atoms with van der Waals surface area (Å²) in [5.41, 5.74) is 0.114. The van der Waals surface area contributed by atoms with Crippen LogP contribution >= 0.6 is 0 Å². The topological polar surface area (TPSA) is 84.7 Å². The normalized spacial score (nSPS) is 22.0. The van der Waals surface area contributed by atoms with Gasteiger partial charge in [-0.1, -0.05) is 0 Å². The molecule has 1 saturated heterocycles. The molecule has 0 bridgehead atoms. The number of carbonyl (C=O) groups is 1. The van der Waals surface area contributed by atoms with Crippen LogP contribution in [0.15, 0.2) is 18.2 Å². The predicted molar refractivity (Wildman–Crippen MR) is 77.6 cm³/mol. The van der Waals surface area contributed by atoms with E-state index in [4.69, 9.17) is 4.74 Å². The number of methoxy groups -OCH3 is 1. The third-order valence-electron chi connectivity index (χ3n) is 3.92. The molecule has 1 N–H and O–H groups in total. The summed E-state index contributed by atoms with van der Waals surface area (Å²) < 4.78 is 4.95. The lowest BCUT2D eigenvalue weighted by atomic mass is 10.0. The van der Waals surface area contributed by atoms with Gasteiger partial charge < -0.3 is 15.0 Å². The van der Waals surface area contributed by atoms with E-state index in [0.29, 0.717) is 12.1 Å². The highest BCUT2D eigenvalue weighted by atomic mass is 16.6. The minimum Gasteiger partial charge on any atom is -0.490 e. The van der Waals surface area contributed by atoms with Crippen molar-refractivity contribution < 1.29 is 14.5 Å². The number of hydrogen-bond acceptors (Lipinski definition) is 5. The van der Waals surface area contributed by atoms with Gasteiger partial charge in [-0.3, -0.25) is 14.9 Å². The van der Waals surface area contributed by atoms with Gasteiger partial charge in [-0.05, 0) is 26.0 Å². The number of nitro benzene ring substituents is 1. The number of nitro groups is 1. The first-order valence-electron chi connectivity index (χ1n) is 6.82. The Morgan fingerprint density at radius 3 is 2.81 bits per heavy atom. The maximum absolute atomic E-state index is 12.6. The third kappa shape index (κ3) is 2.97. The Labute approximate surface area is 123 Å². The van der Waals surface area contributed by atoms with Gasteiger partial charge >= 0.3 is 5.69 Å². The molecule has 2 unspecified atom stereocenters. The van der Waals surface area contributed by atoms with Gasteiger partial charge in [0.05, 0.1) is 12.0 Å². The van der Waals surface area contributed by atoms with Crippen LogP contribution in [0.25, 0.3) is 0 Å². The molecule has 1 fully saturated rings. The zero-order chi connectivity index (χ0) is 15.6. The van der Waals surface area contributed by atoms with E-state index in [-0.39, 0.29) is 29.4 Å². The van der Waals surface area contributed by atoms with Gasteiger partial charge in [0.1, 0.15) is 0 Å². The Hall–Kier alpha value is -2.15. The number of amides is 1. The van der Waals surface area contributed by atoms with Gasteiger partial charge in [0, 0.05) is 36.8 Å². The van der Waals surface area contributed by atoms with Crippen LogP contribution in [0, 0.1) is 10.1 Å². The summed E-state index contributed by atoms with van der Waals surface area (Å²) in [6.45, 7) is 5.28. The molecule has 2 atom stereocenters. The minimum absolute atomic E-state index is 0.0346. The largest absolute Gasteiger partial charge is 0.490 e. The summed E-state index contributed by atoms with van der Waals surface area (Å²) in [5.74, 6) is -0.0418. The van der Waals surface area contributed by atoms with Crippen LogP contribution in [0.3, 0.4) is 0 Å². The van der Waals surface area contributed by atoms with E-state index in [9.17, 15) is 14.9 Å². The fraction of sp³-hybridized carbons (Fsp3) is 0.500. The fourth-order valence-electron chi connectivity index (χ4n) is 2.47. The van der Waals surface area contributed by atoms with Crippen LogP contribution in [-0.4, -0.2) is 48.0 Å². The molecule has 1 aliphatic rings. The summed E-state index contributed by atoms with van der Waals surface area (Å²) in [7, 11) is 1.36. The SMILES string of the molecule is COc1ccc(C(=O)N2CCNC(C)C2C)cc1[N+](=O)[O-]. The molecular formula is C14H19N3O4. The van der Waals surface area contributed by atoms with Crippen molar-refractivity contribution in [2.45, 2.75) is 25.9 Å². The van der Waals surface area contributed by atoms with E-state index in [1.165, 1.54) is 19.2 Å². The zero-order valence-electron chi connectivity index (χ0n) is 12.3. The maximum atomic E-state index is 12.6. The van der Waals surface area contributed by atoms with Crippen LogP contribution < -0.4 is 10.1 Å². The minimum atomic E-state index is -0.542. The summed E-state index contributed by atoms with van der Waals surface area (Å²) in [6.07, 6.45) is 0. The number of benzene rings is 1. The molecule has 7 heteroatoms. The molecular weight excluding hydrogens is 274 g/mol. The Kier molecular flexibility index (Phi) is 4.42. The maximum Gasteiger partial charge on any atom is 0.311 e. The number of carbonyl (C=O) groups excluding carboxylic acids is 1. The Bertz CT molecular complexity index is 561. The third-order valence-corrected chi connectivity index (χ3v) is 3.92. The average molecular weight is 293 g/mol. The molecule has 0 spiro atoms. The summed E-state index contributed by atoms with van der Waals surface area (Å²) >= 11 is 0. The fourth-order valence-corrected chi connectivity index (χ4v) is 2.47. The van der Waals surface area contributed by atoms with Crippen LogP contribution in [0.4, 0.5) is 5.69 Å². The number of nitrogens with one attached hydrogen (secondary N) is 1. The molecule has 0 aliphatic carbocycles. The number of hydrogen-bond donors (Lipinski definition) is 1. The monoisotopic (exact) mass is 293 g/mol. The first-order chi connectivity index (χ1) is 9.95. The predicted octanol–water partition coefficient (Wildman–Crippen LogP) is 1.43. The summed E-state index contributed by atoms with van der Waals surface area (Å²) in [6, 6.07) is 4.53. The van der Waals surface area contributed by atoms with Gasteiger partial charge in [0.15, 0.2) is 5.75 Å². The van der Waals surface area contributed by atoms with E-state index in [1.807, 2.05) is 13.8 Å². The molecule has 0 saturated carbocycles. The summed E-state index contributed by atoms with van der Waals surface area (Å²) in [5, 5.41) is 14.3. The lowest BCUT2D eigenvalue weighted by molar-refractivity contribution is -0.385. The van der Waals surface area contributed by atoms with Crippen molar-refractivity contribution in [1.82, 2.24) is 10.2 Å². The zero-order valence-corrected chi connectivity index (χ0v) is 12.3. The molecule has 114 valence electrons. The van der Waals surface area contributed by atoms with Gasteiger partial charge in [0.2, 0.25) is 0 Å². The van der Waals surface area contributed by atoms with Gasteiger partial charge in [-0.15, -0.1) is 0 Å². The molecule has 1 aromatic carbocycles. The van der Waals surface area contributed by atoms with Crippen molar-refractivity contribution in [2.75, 3.05) is 20.2 Å². The molecule has 7 nitrogen and oxygen atoms in total. The number of nitrogens with zero attached hydrogens (tertiary/aromatic N) is 2. The van der Waals surface area contributed by atoms with Crippen LogP contribution in [0.2, 0.25) is 0 Å². The van der Waals surface area contributed by atoms with E-state index < -0.39 is 4.92 Å². The first kappa shape index (κ1) is 15.2. The second kappa shape index (κ2) is 6.09. The van der Waals surface area contributed by atoms with Crippen LogP contribution in [0.5, 0.6) is 5.75 Å². The molecule has 0 radical (unpaired) electrons. The smallest absolute Gasteiger partial charge is 0.311 e. The highest BCUT2D eigenvalue weighted by Gasteiger charge is 2.30. The Balaban J connectivity index is 2.31. The lowest BCUT2D eigenvalue weighted by Gasteiger charge is -2.38. The Morgan fingerprint density at radius 2 is 2.19 bits per heavy atom. The molecule has 1 aromatic rings. The number of ether oxygens (including phenoxy) is 1. The van der Waals surface area contributed by atoms with Crippen molar-refractivity contribution in [2.24, 2.45) is 0 Å². The van der Waals surface area contributed by atoms with E-state index in [2.05, 4.69) is 5.32 Å². The highest BCUT2D eigenvalue weighted by Crippen LogP contribution is 2.28. The van der Waals surface area contributed by atoms with Gasteiger partial charge in [-0.25, -0.2) is 0 Å². The number of piperazine rings is 1. The molecule has 1 heterocycles. The van der Waals surface area contributed by atoms with Crippen molar-refractivity contribution in [3.8, 4) is 5.75 Å². The second-order valence-electron chi connectivity index (χ2n) is 5.13. The lowest BCUT2D eigenvalue weighted by Crippen LogP contribution is -2.57. The highest BCUT2D eigenvalue weighted by molar-refractivity contribution is 5.95. The van der Waals surface area contributed by atoms with Crippen LogP contribution in [-0.2, 0) is 0 Å². The van der Waals surface area contributed by atoms with Crippen molar-refractivity contribution in [1.29, 1.82) is 0 Å². The standard InChI is InChI=1S/C14H19N3O4/c1-9-10(2)16(7-6-15-9)14(18)11-4-5-13(21-3)12(8-11)17(19)20/h4-5,8-10,15H,6-7H2,1-3H3. The van der Waals surface area contributed by atoms with E-state index >= 15 is 0 Å². The molecule has 0 aromatic heterocycles. The van der Waals surface area contributed by atoms with Gasteiger partial charge in [-0.2, -0.15) is 0 Å². The quantitative estimate of drug-likeness (QED) is 0.673. The van der Waals surface area contributed by atoms with Crippen LogP contribution in [0.1, 0.15) is 24.2 Å². The van der Waals surface area contributed by atoms with Crippen molar-refractivity contribution >= 4 is 11.6 Å². The molecule has 1 aliphatic heterocycles. The van der Waals surface area contributed by atoms with E-state index in [0.717, 1.165) is 6.54 Å². The molecule has 2 rings (SSSR count). The summed E-state index contributed by atoms with van der Waals surface area (Å²) in [4.78, 5) is 24.8. The van der Waals surface area contributed by atoms with E-state index in [1.54, 1.807) is 11.0 Å². The Morgan fingerprint density at radius 1 is 1.48 bits per heavy atom. The first-order valence-corrected chi connectivity index (χ1v) is 6.82. The van der Waals surface area contributed by atoms with Crippen molar-refractivity contribution in [3.05, 3.63) is 33.9 Å². The second-order valence-corrected chi connectivity index (χ2v) is 5.13. The number of rotatable bonds is 3. The molecule has 1 amide bonds. The van der Waals surface area contributed by atoms with Crippen molar-refractivity contribution in [3.63, 3.8) is 0 Å². The average Bonchev–Trinajstić information content (AvgIpc) is 2.48.